The second-order valence-corrected chi connectivity index (χ2v) is 5.45. The zero-order chi connectivity index (χ0) is 17.6. The topological polar surface area (TPSA) is 43.4 Å². The minimum absolute atomic E-state index is 0.116. The lowest BCUT2D eigenvalue weighted by Crippen LogP contribution is -2.33. The van der Waals surface area contributed by atoms with Gasteiger partial charge < -0.3 is 4.74 Å². The minimum atomic E-state index is -2.59. The fourth-order valence-electron chi connectivity index (χ4n) is 2.16. The Kier molecular flexibility index (Phi) is 6.47. The molecule has 23 heavy (non-hydrogen) atoms. The van der Waals surface area contributed by atoms with Crippen LogP contribution in [0.15, 0.2) is 53.5 Å². The first kappa shape index (κ1) is 18.9. The summed E-state index contributed by atoms with van der Waals surface area (Å²) in [6, 6.07) is 0. The van der Waals surface area contributed by atoms with Crippen LogP contribution in [0.25, 0.3) is 0 Å². The summed E-state index contributed by atoms with van der Waals surface area (Å²) in [5, 5.41) is 0. The van der Waals surface area contributed by atoms with Gasteiger partial charge in [0.25, 0.3) is 0 Å². The molecule has 1 rings (SSSR count). The van der Waals surface area contributed by atoms with E-state index in [2.05, 4.69) is 12.3 Å². The maximum atomic E-state index is 14.8. The Morgan fingerprint density at radius 1 is 1.61 bits per heavy atom. The fourth-order valence-corrected chi connectivity index (χ4v) is 2.16. The van der Waals surface area contributed by atoms with Gasteiger partial charge in [-0.1, -0.05) is 26.5 Å². The van der Waals surface area contributed by atoms with Crippen LogP contribution in [0.4, 0.5) is 4.39 Å². The smallest absolute Gasteiger partial charge is 0.326 e. The van der Waals surface area contributed by atoms with E-state index in [0.29, 0.717) is 12.0 Å². The third-order valence-electron chi connectivity index (χ3n) is 3.60. The molecule has 0 aromatic heterocycles. The van der Waals surface area contributed by atoms with Crippen LogP contribution in [-0.2, 0) is 14.3 Å². The van der Waals surface area contributed by atoms with Gasteiger partial charge in [0.2, 0.25) is 5.78 Å². The molecule has 1 aliphatic rings. The number of carbonyl (C=O) groups is 2. The Morgan fingerprint density at radius 2 is 2.26 bits per heavy atom. The molecule has 0 fully saturated rings. The van der Waals surface area contributed by atoms with Gasteiger partial charge in [-0.15, -0.1) is 5.73 Å². The predicted molar refractivity (Wildman–Crippen MR) is 88.3 cm³/mol. The van der Waals surface area contributed by atoms with Crippen molar-refractivity contribution in [2.45, 2.75) is 46.4 Å². The molecule has 0 aliphatic heterocycles. The standard InChI is InChI=1S/C19H23FO3/c1-6-12-19(20,15(5)21)23-16-11-9-8-10-14(4)18(22)17(16)13(3)7-2/h6,9-10,12,14H,3,7,11H2,1-2,4-5H3/b12-6+,17-16+. The van der Waals surface area contributed by atoms with Gasteiger partial charge in [0.05, 0.1) is 5.57 Å². The SMILES string of the molecule is C=C(CC)/C1=C(\OC(F)(/C=C/C)C(C)=O)CC=C=CC(C)C1=O. The van der Waals surface area contributed by atoms with Crippen LogP contribution in [0.1, 0.15) is 40.5 Å². The number of Topliss-reactive ketones (excluding diaryl/α,β-unsaturated/α-hetero) is 2. The van der Waals surface area contributed by atoms with Gasteiger partial charge in [-0.25, -0.2) is 0 Å². The van der Waals surface area contributed by atoms with E-state index in [1.165, 1.54) is 6.08 Å². The van der Waals surface area contributed by atoms with E-state index >= 15 is 0 Å². The van der Waals surface area contributed by atoms with Crippen LogP contribution in [0.3, 0.4) is 0 Å². The van der Waals surface area contributed by atoms with Crippen molar-refractivity contribution in [3.63, 3.8) is 0 Å². The summed E-state index contributed by atoms with van der Waals surface area (Å²) < 4.78 is 20.2. The number of allylic oxidation sites excluding steroid dienone is 4. The molecule has 0 bridgehead atoms. The van der Waals surface area contributed by atoms with Crippen molar-refractivity contribution in [2.24, 2.45) is 5.92 Å². The van der Waals surface area contributed by atoms with Crippen molar-refractivity contribution in [3.05, 3.63) is 53.5 Å². The number of hydrogen-bond acceptors (Lipinski definition) is 3. The van der Waals surface area contributed by atoms with Gasteiger partial charge in [0.15, 0.2) is 5.78 Å². The van der Waals surface area contributed by atoms with Gasteiger partial charge in [0, 0.05) is 19.3 Å². The first-order valence-electron chi connectivity index (χ1n) is 7.66. The number of ketones is 2. The molecule has 124 valence electrons. The molecule has 0 saturated heterocycles. The molecule has 0 heterocycles. The summed E-state index contributed by atoms with van der Waals surface area (Å²) in [6.45, 7) is 10.2. The second kappa shape index (κ2) is 7.89. The summed E-state index contributed by atoms with van der Waals surface area (Å²) in [5.41, 5.74) is 3.71. The number of carbonyl (C=O) groups excluding carboxylic acids is 2. The zero-order valence-electron chi connectivity index (χ0n) is 14.1. The lowest BCUT2D eigenvalue weighted by atomic mass is 9.90. The van der Waals surface area contributed by atoms with Gasteiger partial charge in [-0.05, 0) is 37.1 Å². The molecule has 0 aromatic rings. The van der Waals surface area contributed by atoms with Crippen molar-refractivity contribution < 1.29 is 18.7 Å². The summed E-state index contributed by atoms with van der Waals surface area (Å²) in [5.74, 6) is -3.89. The van der Waals surface area contributed by atoms with Crippen LogP contribution in [0.5, 0.6) is 0 Å². The lowest BCUT2D eigenvalue weighted by molar-refractivity contribution is -0.150. The molecule has 3 nitrogen and oxygen atoms in total. The minimum Gasteiger partial charge on any atom is -0.451 e. The van der Waals surface area contributed by atoms with E-state index in [0.717, 1.165) is 13.0 Å². The number of alkyl halides is 1. The van der Waals surface area contributed by atoms with Crippen LogP contribution >= 0.6 is 0 Å². The fraction of sp³-hybridized carbons (Fsp3) is 0.421. The number of rotatable bonds is 6. The van der Waals surface area contributed by atoms with Crippen molar-refractivity contribution in [2.75, 3.05) is 0 Å². The molecular formula is C19H23FO3. The summed E-state index contributed by atoms with van der Waals surface area (Å²) in [6.07, 6.45) is 6.44. The van der Waals surface area contributed by atoms with Gasteiger partial charge in [-0.2, -0.15) is 4.39 Å². The predicted octanol–water partition coefficient (Wildman–Crippen LogP) is 4.37. The van der Waals surface area contributed by atoms with E-state index in [4.69, 9.17) is 4.74 Å². The van der Waals surface area contributed by atoms with Crippen molar-refractivity contribution in [3.8, 4) is 0 Å². The van der Waals surface area contributed by atoms with E-state index in [1.54, 1.807) is 26.0 Å². The summed E-state index contributed by atoms with van der Waals surface area (Å²) >= 11 is 0. The largest absolute Gasteiger partial charge is 0.451 e. The average molecular weight is 318 g/mol. The zero-order valence-corrected chi connectivity index (χ0v) is 14.1. The number of ether oxygens (including phenoxy) is 1. The Morgan fingerprint density at radius 3 is 2.78 bits per heavy atom. The summed E-state index contributed by atoms with van der Waals surface area (Å²) in [4.78, 5) is 24.3. The van der Waals surface area contributed by atoms with E-state index in [1.807, 2.05) is 6.92 Å². The Bertz CT molecular complexity index is 633. The number of hydrogen-bond donors (Lipinski definition) is 0. The summed E-state index contributed by atoms with van der Waals surface area (Å²) in [7, 11) is 0. The second-order valence-electron chi connectivity index (χ2n) is 5.45. The molecule has 2 unspecified atom stereocenters. The molecule has 0 spiro atoms. The van der Waals surface area contributed by atoms with Gasteiger partial charge in [0.1, 0.15) is 5.76 Å². The normalized spacial score (nSPS) is 24.2. The molecular weight excluding hydrogens is 295 g/mol. The highest BCUT2D eigenvalue weighted by Gasteiger charge is 2.37. The van der Waals surface area contributed by atoms with E-state index in [9.17, 15) is 14.0 Å². The molecule has 0 aromatic carbocycles. The molecule has 1 aliphatic carbocycles. The number of halogens is 1. The van der Waals surface area contributed by atoms with Gasteiger partial charge in [-0.3, -0.25) is 9.59 Å². The lowest BCUT2D eigenvalue weighted by Gasteiger charge is -2.25. The molecule has 0 saturated carbocycles. The molecule has 0 amide bonds. The Balaban J connectivity index is 3.46. The van der Waals surface area contributed by atoms with Crippen LogP contribution < -0.4 is 0 Å². The molecule has 0 N–H and O–H groups in total. The highest BCUT2D eigenvalue weighted by atomic mass is 19.2. The first-order valence-corrected chi connectivity index (χ1v) is 7.66. The maximum absolute atomic E-state index is 14.8. The quantitative estimate of drug-likeness (QED) is 0.539. The van der Waals surface area contributed by atoms with E-state index < -0.39 is 17.6 Å². The van der Waals surface area contributed by atoms with Crippen LogP contribution in [0, 0.1) is 5.92 Å². The van der Waals surface area contributed by atoms with Gasteiger partial charge >= 0.3 is 5.85 Å². The highest BCUT2D eigenvalue weighted by molar-refractivity contribution is 6.02. The molecule has 2 atom stereocenters. The van der Waals surface area contributed by atoms with E-state index in [-0.39, 0.29) is 23.5 Å². The maximum Gasteiger partial charge on any atom is 0.326 e. The Hall–Kier alpha value is -2.19. The third kappa shape index (κ3) is 4.40. The van der Waals surface area contributed by atoms with Crippen LogP contribution in [0.2, 0.25) is 0 Å². The third-order valence-corrected chi connectivity index (χ3v) is 3.60. The van der Waals surface area contributed by atoms with Crippen molar-refractivity contribution in [1.29, 1.82) is 0 Å². The van der Waals surface area contributed by atoms with Crippen molar-refractivity contribution >= 4 is 11.6 Å². The molecule has 4 heteroatoms. The van der Waals surface area contributed by atoms with Crippen LogP contribution in [-0.4, -0.2) is 17.4 Å². The highest BCUT2D eigenvalue weighted by Crippen LogP contribution is 2.31. The average Bonchev–Trinajstić information content (AvgIpc) is 2.49. The molecule has 0 radical (unpaired) electrons. The van der Waals surface area contributed by atoms with Crippen molar-refractivity contribution in [1.82, 2.24) is 0 Å². The Labute approximate surface area is 136 Å². The first-order chi connectivity index (χ1) is 10.8. The monoisotopic (exact) mass is 318 g/mol.